The molecule has 0 unspecified atom stereocenters. The molecular formula is C17H14OS. The molecule has 0 bridgehead atoms. The summed E-state index contributed by atoms with van der Waals surface area (Å²) in [6, 6.07) is 18.5. The number of hydrogen-bond donors (Lipinski definition) is 0. The number of hydrogen-bond acceptors (Lipinski definition) is 2. The maximum atomic E-state index is 11.8. The molecule has 0 spiro atoms. The van der Waals surface area contributed by atoms with Gasteiger partial charge in [-0.2, -0.15) is 0 Å². The van der Waals surface area contributed by atoms with Crippen molar-refractivity contribution in [3.05, 3.63) is 77.4 Å². The predicted octanol–water partition coefficient (Wildman–Crippen LogP) is 4.09. The summed E-state index contributed by atoms with van der Waals surface area (Å²) < 4.78 is 0. The minimum atomic E-state index is 0.203. The number of carbonyl (C=O) groups excluding carboxylic acids is 1. The molecule has 19 heavy (non-hydrogen) atoms. The van der Waals surface area contributed by atoms with Gasteiger partial charge in [0.1, 0.15) is 0 Å². The van der Waals surface area contributed by atoms with Crippen molar-refractivity contribution in [2.24, 2.45) is 0 Å². The molecule has 0 saturated heterocycles. The second kappa shape index (κ2) is 5.45. The van der Waals surface area contributed by atoms with Crippen LogP contribution in [0, 0.1) is 0 Å². The van der Waals surface area contributed by atoms with E-state index in [-0.39, 0.29) is 5.78 Å². The van der Waals surface area contributed by atoms with Crippen molar-refractivity contribution in [3.8, 4) is 0 Å². The number of rotatable bonds is 3. The molecular weight excluding hydrogens is 252 g/mol. The van der Waals surface area contributed by atoms with E-state index in [1.807, 2.05) is 36.4 Å². The predicted molar refractivity (Wildman–Crippen MR) is 80.9 cm³/mol. The van der Waals surface area contributed by atoms with Crippen LogP contribution < -0.4 is 0 Å². The van der Waals surface area contributed by atoms with Crippen LogP contribution in [0.2, 0.25) is 0 Å². The van der Waals surface area contributed by atoms with Crippen molar-refractivity contribution in [1.82, 2.24) is 0 Å². The number of allylic oxidation sites excluding steroid dienone is 1. The molecule has 0 amide bonds. The molecule has 0 atom stereocenters. The number of fused-ring (bicyclic) bond motifs is 1. The Balaban J connectivity index is 1.82. The van der Waals surface area contributed by atoms with Gasteiger partial charge in [-0.3, -0.25) is 4.79 Å². The Morgan fingerprint density at radius 2 is 1.68 bits per heavy atom. The summed E-state index contributed by atoms with van der Waals surface area (Å²) in [5.74, 6) is 1.10. The van der Waals surface area contributed by atoms with Crippen LogP contribution in [0.15, 0.2) is 60.7 Å². The highest BCUT2D eigenvalue weighted by molar-refractivity contribution is 8.07. The van der Waals surface area contributed by atoms with E-state index in [0.29, 0.717) is 6.42 Å². The molecule has 0 fully saturated rings. The highest BCUT2D eigenvalue weighted by atomic mass is 32.2. The van der Waals surface area contributed by atoms with Gasteiger partial charge in [-0.05, 0) is 22.8 Å². The van der Waals surface area contributed by atoms with Crippen molar-refractivity contribution in [1.29, 1.82) is 0 Å². The van der Waals surface area contributed by atoms with E-state index in [0.717, 1.165) is 16.2 Å². The fourth-order valence-electron chi connectivity index (χ4n) is 2.23. The van der Waals surface area contributed by atoms with E-state index in [9.17, 15) is 4.79 Å². The van der Waals surface area contributed by atoms with E-state index in [1.54, 1.807) is 17.8 Å². The lowest BCUT2D eigenvalue weighted by atomic mass is 9.97. The van der Waals surface area contributed by atoms with Gasteiger partial charge in [-0.15, -0.1) is 11.8 Å². The second-order valence-electron chi connectivity index (χ2n) is 4.58. The third kappa shape index (κ3) is 2.79. The van der Waals surface area contributed by atoms with Gasteiger partial charge in [0, 0.05) is 17.1 Å². The van der Waals surface area contributed by atoms with Crippen LogP contribution >= 0.6 is 11.8 Å². The fourth-order valence-corrected chi connectivity index (χ4v) is 3.32. The number of carbonyl (C=O) groups is 1. The van der Waals surface area contributed by atoms with Gasteiger partial charge in [0.15, 0.2) is 5.78 Å². The quantitative estimate of drug-likeness (QED) is 0.832. The Bertz CT molecular complexity index is 629. The highest BCUT2D eigenvalue weighted by Gasteiger charge is 2.16. The van der Waals surface area contributed by atoms with E-state index in [4.69, 9.17) is 0 Å². The van der Waals surface area contributed by atoms with Crippen LogP contribution in [0.1, 0.15) is 16.7 Å². The van der Waals surface area contributed by atoms with Gasteiger partial charge < -0.3 is 0 Å². The summed E-state index contributed by atoms with van der Waals surface area (Å²) in [7, 11) is 0. The molecule has 1 nitrogen and oxygen atoms in total. The lowest BCUT2D eigenvalue weighted by molar-refractivity contribution is -0.114. The van der Waals surface area contributed by atoms with Gasteiger partial charge in [0.2, 0.25) is 0 Å². The molecule has 2 aromatic rings. The minimum Gasteiger partial charge on any atom is -0.294 e. The molecule has 1 aliphatic rings. The van der Waals surface area contributed by atoms with Crippen LogP contribution in [0.3, 0.4) is 0 Å². The molecule has 0 heterocycles. The van der Waals surface area contributed by atoms with E-state index in [1.165, 1.54) is 11.1 Å². The molecule has 2 aromatic carbocycles. The van der Waals surface area contributed by atoms with Crippen molar-refractivity contribution >= 4 is 22.5 Å². The lowest BCUT2D eigenvalue weighted by Gasteiger charge is -2.16. The smallest absolute Gasteiger partial charge is 0.161 e. The first kappa shape index (κ1) is 12.2. The Labute approximate surface area is 117 Å². The molecule has 3 rings (SSSR count). The van der Waals surface area contributed by atoms with Gasteiger partial charge >= 0.3 is 0 Å². The molecule has 1 aliphatic carbocycles. The summed E-state index contributed by atoms with van der Waals surface area (Å²) in [4.78, 5) is 12.9. The Morgan fingerprint density at radius 3 is 2.53 bits per heavy atom. The molecule has 94 valence electrons. The summed E-state index contributed by atoms with van der Waals surface area (Å²) >= 11 is 1.74. The second-order valence-corrected chi connectivity index (χ2v) is 5.60. The molecule has 0 aromatic heterocycles. The largest absolute Gasteiger partial charge is 0.294 e. The average Bonchev–Trinajstić information content (AvgIpc) is 2.45. The van der Waals surface area contributed by atoms with E-state index >= 15 is 0 Å². The Morgan fingerprint density at radius 1 is 0.947 bits per heavy atom. The monoisotopic (exact) mass is 266 g/mol. The number of ketones is 1. The first-order valence-electron chi connectivity index (χ1n) is 6.32. The van der Waals surface area contributed by atoms with Crippen molar-refractivity contribution in [2.45, 2.75) is 12.2 Å². The molecule has 0 saturated carbocycles. The fraction of sp³-hybridized carbons (Fsp3) is 0.118. The van der Waals surface area contributed by atoms with E-state index < -0.39 is 0 Å². The Hall–Kier alpha value is -1.80. The number of thioether (sulfide) groups is 1. The summed E-state index contributed by atoms with van der Waals surface area (Å²) in [5.41, 5.74) is 3.64. The maximum absolute atomic E-state index is 11.8. The van der Waals surface area contributed by atoms with Crippen LogP contribution in [0.5, 0.6) is 0 Å². The highest BCUT2D eigenvalue weighted by Crippen LogP contribution is 2.35. The normalized spacial score (nSPS) is 13.9. The number of benzene rings is 2. The van der Waals surface area contributed by atoms with Crippen LogP contribution in [0.25, 0.3) is 4.91 Å². The van der Waals surface area contributed by atoms with Gasteiger partial charge in [0.25, 0.3) is 0 Å². The zero-order chi connectivity index (χ0) is 13.1. The molecule has 2 heteroatoms. The van der Waals surface area contributed by atoms with Gasteiger partial charge in [0.05, 0.1) is 0 Å². The maximum Gasteiger partial charge on any atom is 0.161 e. The van der Waals surface area contributed by atoms with Gasteiger partial charge in [-0.25, -0.2) is 0 Å². The molecule has 0 N–H and O–H groups in total. The van der Waals surface area contributed by atoms with Crippen LogP contribution in [-0.4, -0.2) is 5.78 Å². The SMILES string of the molecule is O=C1C=C(SCc2ccccc2)c2ccccc2C1. The average molecular weight is 266 g/mol. The zero-order valence-electron chi connectivity index (χ0n) is 10.5. The lowest BCUT2D eigenvalue weighted by Crippen LogP contribution is -2.07. The molecule has 0 radical (unpaired) electrons. The zero-order valence-corrected chi connectivity index (χ0v) is 11.3. The van der Waals surface area contributed by atoms with E-state index in [2.05, 4.69) is 18.2 Å². The summed E-state index contributed by atoms with van der Waals surface area (Å²) in [6.07, 6.45) is 2.32. The molecule has 0 aliphatic heterocycles. The topological polar surface area (TPSA) is 17.1 Å². The first-order valence-corrected chi connectivity index (χ1v) is 7.31. The first-order chi connectivity index (χ1) is 9.33. The van der Waals surface area contributed by atoms with Crippen molar-refractivity contribution in [3.63, 3.8) is 0 Å². The summed E-state index contributed by atoms with van der Waals surface area (Å²) in [6.45, 7) is 0. The standard InChI is InChI=1S/C17H14OS/c18-15-10-14-8-4-5-9-16(14)17(11-15)19-12-13-6-2-1-3-7-13/h1-9,11H,10,12H2. The van der Waals surface area contributed by atoms with Crippen molar-refractivity contribution < 1.29 is 4.79 Å². The Kier molecular flexibility index (Phi) is 3.51. The van der Waals surface area contributed by atoms with Crippen LogP contribution in [0.4, 0.5) is 0 Å². The third-order valence-corrected chi connectivity index (χ3v) is 4.30. The summed E-state index contributed by atoms with van der Waals surface area (Å²) in [5, 5.41) is 0. The third-order valence-electron chi connectivity index (χ3n) is 3.18. The van der Waals surface area contributed by atoms with Gasteiger partial charge in [-0.1, -0.05) is 54.6 Å². The van der Waals surface area contributed by atoms with Crippen LogP contribution in [-0.2, 0) is 17.0 Å². The van der Waals surface area contributed by atoms with Crippen molar-refractivity contribution in [2.75, 3.05) is 0 Å². The minimum absolute atomic E-state index is 0.203.